The lowest BCUT2D eigenvalue weighted by Crippen LogP contribution is -2.37. The van der Waals surface area contributed by atoms with Crippen LogP contribution < -0.4 is 9.88 Å². The molecule has 0 aliphatic heterocycles. The molecule has 0 amide bonds. The molecule has 0 bridgehead atoms. The van der Waals surface area contributed by atoms with Crippen molar-refractivity contribution < 1.29 is 13.2 Å². The maximum absolute atomic E-state index is 11.3. The van der Waals surface area contributed by atoms with Gasteiger partial charge in [0.15, 0.2) is 0 Å². The Hall–Kier alpha value is -1.07. The van der Waals surface area contributed by atoms with Gasteiger partial charge in [-0.25, -0.2) is 13.6 Å². The molecule has 1 aromatic rings. The largest absolute Gasteiger partial charge is 0.493 e. The zero-order chi connectivity index (χ0) is 13.6. The van der Waals surface area contributed by atoms with Crippen molar-refractivity contribution in [3.8, 4) is 5.75 Å². The van der Waals surface area contributed by atoms with Gasteiger partial charge in [0, 0.05) is 5.41 Å². The van der Waals surface area contributed by atoms with E-state index in [-0.39, 0.29) is 5.75 Å². The smallest absolute Gasteiger partial charge is 0.209 e. The van der Waals surface area contributed by atoms with E-state index in [1.165, 1.54) is 0 Å². The summed E-state index contributed by atoms with van der Waals surface area (Å²) in [4.78, 5) is 0. The van der Waals surface area contributed by atoms with Crippen molar-refractivity contribution in [1.82, 2.24) is 0 Å². The lowest BCUT2D eigenvalue weighted by molar-refractivity contribution is 0.154. The predicted octanol–water partition coefficient (Wildman–Crippen LogP) is 2.16. The van der Waals surface area contributed by atoms with E-state index in [1.54, 1.807) is 0 Å². The molecule has 102 valence electrons. The summed E-state index contributed by atoms with van der Waals surface area (Å²) >= 11 is 0. The van der Waals surface area contributed by atoms with Gasteiger partial charge in [-0.15, -0.1) is 0 Å². The number of hydrogen-bond acceptors (Lipinski definition) is 3. The monoisotopic (exact) mass is 271 g/mol. The zero-order valence-electron chi connectivity index (χ0n) is 10.9. The lowest BCUT2D eigenvalue weighted by Gasteiger charge is -2.30. The number of sulfonamides is 1. The van der Waals surface area contributed by atoms with Gasteiger partial charge in [0.2, 0.25) is 10.0 Å². The molecule has 4 nitrogen and oxygen atoms in total. The van der Waals surface area contributed by atoms with Crippen LogP contribution >= 0.6 is 0 Å². The number of ether oxygens (including phenoxy) is 1. The van der Waals surface area contributed by atoms with Crippen molar-refractivity contribution in [2.45, 2.75) is 26.7 Å². The van der Waals surface area contributed by atoms with Crippen molar-refractivity contribution in [1.29, 1.82) is 0 Å². The first-order chi connectivity index (χ1) is 8.41. The number of rotatable bonds is 7. The summed E-state index contributed by atoms with van der Waals surface area (Å²) in [6.07, 6.45) is 1.43. The third kappa shape index (κ3) is 4.66. The van der Waals surface area contributed by atoms with E-state index in [1.807, 2.05) is 44.2 Å². The fourth-order valence-corrected chi connectivity index (χ4v) is 3.22. The van der Waals surface area contributed by atoms with E-state index in [0.29, 0.717) is 19.4 Å². The summed E-state index contributed by atoms with van der Waals surface area (Å²) in [6.45, 7) is 4.28. The van der Waals surface area contributed by atoms with Crippen molar-refractivity contribution in [3.05, 3.63) is 30.3 Å². The van der Waals surface area contributed by atoms with Gasteiger partial charge in [0.25, 0.3) is 0 Å². The topological polar surface area (TPSA) is 69.4 Å². The molecule has 0 aromatic heterocycles. The van der Waals surface area contributed by atoms with Crippen LogP contribution in [0.25, 0.3) is 0 Å². The van der Waals surface area contributed by atoms with E-state index in [4.69, 9.17) is 9.88 Å². The highest BCUT2D eigenvalue weighted by molar-refractivity contribution is 7.89. The van der Waals surface area contributed by atoms with E-state index < -0.39 is 15.4 Å². The number of nitrogens with two attached hydrogens (primary N) is 1. The molecule has 0 unspecified atom stereocenters. The van der Waals surface area contributed by atoms with E-state index >= 15 is 0 Å². The molecule has 0 fully saturated rings. The van der Waals surface area contributed by atoms with Gasteiger partial charge in [-0.2, -0.15) is 0 Å². The molecule has 0 saturated carbocycles. The van der Waals surface area contributed by atoms with Crippen LogP contribution in [-0.4, -0.2) is 20.8 Å². The van der Waals surface area contributed by atoms with Crippen molar-refractivity contribution in [2.24, 2.45) is 10.6 Å². The average Bonchev–Trinajstić information content (AvgIpc) is 2.34. The Bertz CT molecular complexity index is 452. The molecular weight excluding hydrogens is 250 g/mol. The van der Waals surface area contributed by atoms with Crippen molar-refractivity contribution in [2.75, 3.05) is 12.4 Å². The van der Waals surface area contributed by atoms with Gasteiger partial charge in [-0.3, -0.25) is 0 Å². The third-order valence-electron chi connectivity index (χ3n) is 3.30. The molecule has 0 radical (unpaired) electrons. The van der Waals surface area contributed by atoms with Crippen LogP contribution in [0.4, 0.5) is 0 Å². The number of para-hydroxylation sites is 1. The summed E-state index contributed by atoms with van der Waals surface area (Å²) in [5.41, 5.74) is -0.413. The van der Waals surface area contributed by atoms with Crippen LogP contribution in [0.1, 0.15) is 26.7 Å². The lowest BCUT2D eigenvalue weighted by atomic mass is 9.85. The second kappa shape index (κ2) is 6.20. The molecular formula is C13H21NO3S. The molecule has 1 rings (SSSR count). The van der Waals surface area contributed by atoms with Crippen LogP contribution in [0.3, 0.4) is 0 Å². The highest BCUT2D eigenvalue weighted by atomic mass is 32.2. The van der Waals surface area contributed by atoms with Gasteiger partial charge in [0.1, 0.15) is 5.75 Å². The molecule has 0 saturated heterocycles. The van der Waals surface area contributed by atoms with E-state index in [2.05, 4.69) is 0 Å². The first-order valence-corrected chi connectivity index (χ1v) is 7.81. The van der Waals surface area contributed by atoms with Crippen LogP contribution in [0.5, 0.6) is 5.75 Å². The molecule has 0 heterocycles. The summed E-state index contributed by atoms with van der Waals surface area (Å²) < 4.78 is 28.3. The first kappa shape index (κ1) is 15.0. The summed E-state index contributed by atoms with van der Waals surface area (Å²) in [5, 5.41) is 5.16. The summed E-state index contributed by atoms with van der Waals surface area (Å²) in [7, 11) is -3.49. The third-order valence-corrected chi connectivity index (χ3v) is 4.31. The molecule has 5 heteroatoms. The number of benzene rings is 1. The average molecular weight is 271 g/mol. The van der Waals surface area contributed by atoms with Crippen LogP contribution in [-0.2, 0) is 10.0 Å². The van der Waals surface area contributed by atoms with Gasteiger partial charge in [0.05, 0.1) is 12.4 Å². The number of hydrogen-bond donors (Lipinski definition) is 1. The fourth-order valence-electron chi connectivity index (χ4n) is 1.88. The maximum atomic E-state index is 11.3. The maximum Gasteiger partial charge on any atom is 0.209 e. The Morgan fingerprint density at radius 1 is 1.17 bits per heavy atom. The quantitative estimate of drug-likeness (QED) is 0.826. The second-order valence-corrected chi connectivity index (χ2v) is 6.23. The van der Waals surface area contributed by atoms with Crippen LogP contribution in [0, 0.1) is 5.41 Å². The minimum Gasteiger partial charge on any atom is -0.493 e. The minimum absolute atomic E-state index is 0.0418. The minimum atomic E-state index is -3.49. The molecule has 18 heavy (non-hydrogen) atoms. The van der Waals surface area contributed by atoms with Crippen LogP contribution in [0.15, 0.2) is 30.3 Å². The second-order valence-electron chi connectivity index (χ2n) is 4.62. The predicted molar refractivity (Wildman–Crippen MR) is 72.9 cm³/mol. The van der Waals surface area contributed by atoms with Gasteiger partial charge < -0.3 is 4.74 Å². The molecule has 2 N–H and O–H groups in total. The molecule has 0 atom stereocenters. The highest BCUT2D eigenvalue weighted by Gasteiger charge is 2.31. The Morgan fingerprint density at radius 3 is 2.17 bits per heavy atom. The van der Waals surface area contributed by atoms with Gasteiger partial charge >= 0.3 is 0 Å². The van der Waals surface area contributed by atoms with Gasteiger partial charge in [-0.05, 0) is 25.0 Å². The molecule has 1 aromatic carbocycles. The standard InChI is InChI=1S/C13H21NO3S/c1-3-13(4-2,11-18(14,15)16)10-17-12-8-6-5-7-9-12/h5-9H,3-4,10-11H2,1-2H3,(H2,14,15,16). The highest BCUT2D eigenvalue weighted by Crippen LogP contribution is 2.29. The Kier molecular flexibility index (Phi) is 5.16. The van der Waals surface area contributed by atoms with Gasteiger partial charge in [-0.1, -0.05) is 32.0 Å². The summed E-state index contributed by atoms with van der Waals surface area (Å²) in [6, 6.07) is 9.38. The SMILES string of the molecule is CCC(CC)(COc1ccccc1)CS(N)(=O)=O. The van der Waals surface area contributed by atoms with Crippen molar-refractivity contribution in [3.63, 3.8) is 0 Å². The van der Waals surface area contributed by atoms with E-state index in [9.17, 15) is 8.42 Å². The Morgan fingerprint density at radius 2 is 1.72 bits per heavy atom. The first-order valence-electron chi connectivity index (χ1n) is 6.09. The van der Waals surface area contributed by atoms with Crippen LogP contribution in [0.2, 0.25) is 0 Å². The molecule has 0 spiro atoms. The normalized spacial score (nSPS) is 12.4. The fraction of sp³-hybridized carbons (Fsp3) is 0.538. The summed E-state index contributed by atoms with van der Waals surface area (Å²) in [5.74, 6) is 0.706. The van der Waals surface area contributed by atoms with Crippen molar-refractivity contribution >= 4 is 10.0 Å². The zero-order valence-corrected chi connectivity index (χ0v) is 11.7. The molecule has 0 aliphatic carbocycles. The Balaban J connectivity index is 2.74. The number of primary sulfonamides is 1. The molecule has 0 aliphatic rings. The van der Waals surface area contributed by atoms with E-state index in [0.717, 1.165) is 5.75 Å². The Labute approximate surface area is 109 Å².